The summed E-state index contributed by atoms with van der Waals surface area (Å²) in [6, 6.07) is 3.83. The van der Waals surface area contributed by atoms with Crippen molar-refractivity contribution in [2.45, 2.75) is 6.54 Å². The quantitative estimate of drug-likeness (QED) is 0.744. The molecule has 1 aromatic heterocycles. The van der Waals surface area contributed by atoms with Crippen molar-refractivity contribution in [1.82, 2.24) is 10.3 Å². The predicted molar refractivity (Wildman–Crippen MR) is 60.6 cm³/mol. The molecule has 1 aromatic rings. The van der Waals surface area contributed by atoms with Gasteiger partial charge in [0.25, 0.3) is 0 Å². The number of rotatable bonds is 4. The van der Waals surface area contributed by atoms with Gasteiger partial charge in [0, 0.05) is 20.3 Å². The summed E-state index contributed by atoms with van der Waals surface area (Å²) in [7, 11) is 3.88. The molecule has 1 rings (SSSR count). The third kappa shape index (κ3) is 3.09. The number of carbonyl (C=O) groups excluding carboxylic acids is 1. The second-order valence-electron chi connectivity index (χ2n) is 3.29. The SMILES string of the molecule is C=CC(=O)NCc1ncccc1N(C)C. The molecule has 0 unspecified atom stereocenters. The molecular weight excluding hydrogens is 190 g/mol. The lowest BCUT2D eigenvalue weighted by Crippen LogP contribution is -2.22. The van der Waals surface area contributed by atoms with Gasteiger partial charge in [0.2, 0.25) is 5.91 Å². The van der Waals surface area contributed by atoms with Crippen LogP contribution in [0.1, 0.15) is 5.69 Å². The van der Waals surface area contributed by atoms with E-state index >= 15 is 0 Å². The highest BCUT2D eigenvalue weighted by molar-refractivity contribution is 5.86. The molecule has 0 aliphatic heterocycles. The van der Waals surface area contributed by atoms with E-state index in [0.717, 1.165) is 11.4 Å². The lowest BCUT2D eigenvalue weighted by Gasteiger charge is -2.16. The van der Waals surface area contributed by atoms with Crippen LogP contribution in [-0.2, 0) is 11.3 Å². The molecule has 0 aliphatic rings. The molecule has 1 amide bonds. The van der Waals surface area contributed by atoms with Crippen LogP contribution in [-0.4, -0.2) is 25.0 Å². The van der Waals surface area contributed by atoms with Gasteiger partial charge in [-0.2, -0.15) is 0 Å². The fraction of sp³-hybridized carbons (Fsp3) is 0.273. The molecule has 0 aromatic carbocycles. The second kappa shape index (κ2) is 5.14. The van der Waals surface area contributed by atoms with Crippen molar-refractivity contribution < 1.29 is 4.79 Å². The van der Waals surface area contributed by atoms with Crippen LogP contribution in [0.15, 0.2) is 31.0 Å². The Morgan fingerprint density at radius 2 is 2.40 bits per heavy atom. The summed E-state index contributed by atoms with van der Waals surface area (Å²) in [6.07, 6.45) is 2.96. The highest BCUT2D eigenvalue weighted by Gasteiger charge is 2.05. The average Bonchev–Trinajstić information content (AvgIpc) is 2.26. The average molecular weight is 205 g/mol. The third-order valence-corrected chi connectivity index (χ3v) is 1.96. The maximum absolute atomic E-state index is 11.0. The van der Waals surface area contributed by atoms with Crippen LogP contribution < -0.4 is 10.2 Å². The fourth-order valence-electron chi connectivity index (χ4n) is 1.22. The number of carbonyl (C=O) groups is 1. The fourth-order valence-corrected chi connectivity index (χ4v) is 1.22. The number of nitrogens with one attached hydrogen (secondary N) is 1. The molecule has 0 spiro atoms. The summed E-state index contributed by atoms with van der Waals surface area (Å²) >= 11 is 0. The lowest BCUT2D eigenvalue weighted by molar-refractivity contribution is -0.116. The van der Waals surface area contributed by atoms with E-state index < -0.39 is 0 Å². The van der Waals surface area contributed by atoms with E-state index in [-0.39, 0.29) is 5.91 Å². The Balaban J connectivity index is 2.75. The van der Waals surface area contributed by atoms with Gasteiger partial charge in [-0.25, -0.2) is 0 Å². The number of anilines is 1. The van der Waals surface area contributed by atoms with Crippen molar-refractivity contribution in [1.29, 1.82) is 0 Å². The molecule has 0 saturated carbocycles. The van der Waals surface area contributed by atoms with E-state index in [9.17, 15) is 4.79 Å². The van der Waals surface area contributed by atoms with Crippen LogP contribution in [0.2, 0.25) is 0 Å². The third-order valence-electron chi connectivity index (χ3n) is 1.96. The Kier molecular flexibility index (Phi) is 3.85. The second-order valence-corrected chi connectivity index (χ2v) is 3.29. The monoisotopic (exact) mass is 205 g/mol. The molecule has 0 radical (unpaired) electrons. The lowest BCUT2D eigenvalue weighted by atomic mass is 10.2. The molecule has 0 aliphatic carbocycles. The normalized spacial score (nSPS) is 9.47. The summed E-state index contributed by atoms with van der Waals surface area (Å²) in [5, 5.41) is 2.70. The first kappa shape index (κ1) is 11.2. The maximum Gasteiger partial charge on any atom is 0.243 e. The molecule has 4 heteroatoms. The highest BCUT2D eigenvalue weighted by Crippen LogP contribution is 2.14. The summed E-state index contributed by atoms with van der Waals surface area (Å²) in [5.74, 6) is -0.189. The van der Waals surface area contributed by atoms with E-state index in [1.807, 2.05) is 31.1 Å². The van der Waals surface area contributed by atoms with Crippen LogP contribution in [0, 0.1) is 0 Å². The van der Waals surface area contributed by atoms with E-state index in [4.69, 9.17) is 0 Å². The maximum atomic E-state index is 11.0. The van der Waals surface area contributed by atoms with Crippen molar-refractivity contribution in [3.8, 4) is 0 Å². The number of amides is 1. The number of hydrogen-bond acceptors (Lipinski definition) is 3. The van der Waals surface area contributed by atoms with Crippen molar-refractivity contribution >= 4 is 11.6 Å². The van der Waals surface area contributed by atoms with Crippen LogP contribution in [0.3, 0.4) is 0 Å². The molecule has 80 valence electrons. The van der Waals surface area contributed by atoms with E-state index in [0.29, 0.717) is 6.54 Å². The molecule has 0 atom stereocenters. The highest BCUT2D eigenvalue weighted by atomic mass is 16.1. The predicted octanol–water partition coefficient (Wildman–Crippen LogP) is 0.950. The topological polar surface area (TPSA) is 45.2 Å². The molecule has 1 N–H and O–H groups in total. The Labute approximate surface area is 89.6 Å². The molecule has 1 heterocycles. The van der Waals surface area contributed by atoms with Gasteiger partial charge in [0.15, 0.2) is 0 Å². The molecular formula is C11H15N3O. The first-order chi connectivity index (χ1) is 7.15. The smallest absolute Gasteiger partial charge is 0.243 e. The molecule has 4 nitrogen and oxygen atoms in total. The van der Waals surface area contributed by atoms with Crippen LogP contribution >= 0.6 is 0 Å². The zero-order valence-corrected chi connectivity index (χ0v) is 9.03. The summed E-state index contributed by atoms with van der Waals surface area (Å²) in [5.41, 5.74) is 1.85. The first-order valence-electron chi connectivity index (χ1n) is 4.66. The van der Waals surface area contributed by atoms with E-state index in [1.165, 1.54) is 6.08 Å². The van der Waals surface area contributed by atoms with Crippen LogP contribution in [0.5, 0.6) is 0 Å². The van der Waals surface area contributed by atoms with Gasteiger partial charge in [-0.3, -0.25) is 9.78 Å². The van der Waals surface area contributed by atoms with Gasteiger partial charge >= 0.3 is 0 Å². The van der Waals surface area contributed by atoms with Gasteiger partial charge in [-0.1, -0.05) is 6.58 Å². The number of hydrogen-bond donors (Lipinski definition) is 1. The number of nitrogens with zero attached hydrogens (tertiary/aromatic N) is 2. The van der Waals surface area contributed by atoms with Crippen molar-refractivity contribution in [2.24, 2.45) is 0 Å². The molecule has 0 fully saturated rings. The molecule has 15 heavy (non-hydrogen) atoms. The van der Waals surface area contributed by atoms with E-state index in [2.05, 4.69) is 16.9 Å². The summed E-state index contributed by atoms with van der Waals surface area (Å²) in [4.78, 5) is 17.2. The van der Waals surface area contributed by atoms with Gasteiger partial charge in [0.1, 0.15) is 0 Å². The van der Waals surface area contributed by atoms with Crippen molar-refractivity contribution in [3.63, 3.8) is 0 Å². The van der Waals surface area contributed by atoms with Crippen molar-refractivity contribution in [3.05, 3.63) is 36.7 Å². The zero-order valence-electron chi connectivity index (χ0n) is 9.03. The Hall–Kier alpha value is -1.84. The summed E-state index contributed by atoms with van der Waals surface area (Å²) < 4.78 is 0. The Morgan fingerprint density at radius 1 is 1.67 bits per heavy atom. The minimum Gasteiger partial charge on any atom is -0.376 e. The standard InChI is InChI=1S/C11H15N3O/c1-4-11(15)13-8-9-10(14(2)3)6-5-7-12-9/h4-7H,1,8H2,2-3H3,(H,13,15). The van der Waals surface area contributed by atoms with Crippen LogP contribution in [0.25, 0.3) is 0 Å². The summed E-state index contributed by atoms with van der Waals surface area (Å²) in [6.45, 7) is 3.80. The molecule has 0 bridgehead atoms. The minimum atomic E-state index is -0.189. The van der Waals surface area contributed by atoms with Gasteiger partial charge in [-0.15, -0.1) is 0 Å². The van der Waals surface area contributed by atoms with Crippen LogP contribution in [0.4, 0.5) is 5.69 Å². The van der Waals surface area contributed by atoms with Gasteiger partial charge < -0.3 is 10.2 Å². The number of aromatic nitrogens is 1. The Morgan fingerprint density at radius 3 is 3.00 bits per heavy atom. The number of pyridine rings is 1. The molecule has 0 saturated heterocycles. The van der Waals surface area contributed by atoms with Gasteiger partial charge in [0.05, 0.1) is 17.9 Å². The van der Waals surface area contributed by atoms with E-state index in [1.54, 1.807) is 6.20 Å². The first-order valence-corrected chi connectivity index (χ1v) is 4.66. The van der Waals surface area contributed by atoms with Gasteiger partial charge in [-0.05, 0) is 18.2 Å². The van der Waals surface area contributed by atoms with Crippen molar-refractivity contribution in [2.75, 3.05) is 19.0 Å². The largest absolute Gasteiger partial charge is 0.376 e. The minimum absolute atomic E-state index is 0.189. The zero-order chi connectivity index (χ0) is 11.3. The Bertz CT molecular complexity index is 361.